The number of hydrogen-bond donors (Lipinski definition) is 2. The van der Waals surface area contributed by atoms with Crippen molar-refractivity contribution >= 4 is 32.7 Å². The van der Waals surface area contributed by atoms with Crippen LogP contribution in [0.15, 0.2) is 65.7 Å². The molecule has 0 radical (unpaired) electrons. The van der Waals surface area contributed by atoms with Gasteiger partial charge in [-0.25, -0.2) is 17.9 Å². The van der Waals surface area contributed by atoms with E-state index in [0.29, 0.717) is 10.8 Å². The number of carbonyl (C=O) groups excluding carboxylic acids is 1. The summed E-state index contributed by atoms with van der Waals surface area (Å²) in [7, 11) is -4.15. The van der Waals surface area contributed by atoms with E-state index < -0.39 is 21.9 Å². The molecule has 0 atom stereocenters. The predicted molar refractivity (Wildman–Crippen MR) is 89.8 cm³/mol. The molecule has 2 N–H and O–H groups in total. The monoisotopic (exact) mass is 356 g/mol. The molecule has 0 bridgehead atoms. The molecule has 0 aliphatic rings. The third kappa shape index (κ3) is 3.33. The number of rotatable bonds is 4. The highest BCUT2D eigenvalue weighted by Gasteiger charge is 2.22. The van der Waals surface area contributed by atoms with E-state index in [1.54, 1.807) is 36.4 Å². The van der Waals surface area contributed by atoms with Gasteiger partial charge in [0.15, 0.2) is 0 Å². The van der Waals surface area contributed by atoms with Gasteiger partial charge in [0, 0.05) is 11.6 Å². The molecule has 0 saturated carbocycles. The van der Waals surface area contributed by atoms with E-state index in [9.17, 15) is 18.0 Å². The Labute approximate surface area is 143 Å². The number of nitrogens with zero attached hydrogens (tertiary/aromatic N) is 1. The fraction of sp³-hybridized carbons (Fsp3) is 0. The van der Waals surface area contributed by atoms with Crippen LogP contribution in [0.2, 0.25) is 0 Å². The van der Waals surface area contributed by atoms with Crippen LogP contribution >= 0.6 is 0 Å². The van der Waals surface area contributed by atoms with Crippen LogP contribution in [0.3, 0.4) is 0 Å². The van der Waals surface area contributed by atoms with Gasteiger partial charge in [-0.1, -0.05) is 36.4 Å². The van der Waals surface area contributed by atoms with Crippen molar-refractivity contribution in [2.45, 2.75) is 4.90 Å². The Morgan fingerprint density at radius 1 is 1.00 bits per heavy atom. The van der Waals surface area contributed by atoms with Gasteiger partial charge >= 0.3 is 5.97 Å². The minimum absolute atomic E-state index is 0.0478. The van der Waals surface area contributed by atoms with Gasteiger partial charge in [0.05, 0.1) is 10.5 Å². The molecule has 1 heterocycles. The van der Waals surface area contributed by atoms with Crippen molar-refractivity contribution in [3.8, 4) is 0 Å². The molecule has 25 heavy (non-hydrogen) atoms. The van der Waals surface area contributed by atoms with E-state index in [4.69, 9.17) is 5.11 Å². The van der Waals surface area contributed by atoms with Crippen molar-refractivity contribution in [1.29, 1.82) is 0 Å². The number of aromatic nitrogens is 1. The van der Waals surface area contributed by atoms with Crippen molar-refractivity contribution in [2.24, 2.45) is 0 Å². The molecule has 3 rings (SSSR count). The highest BCUT2D eigenvalue weighted by atomic mass is 32.2. The van der Waals surface area contributed by atoms with Crippen LogP contribution in [0.25, 0.3) is 10.8 Å². The number of sulfonamides is 1. The Hall–Kier alpha value is -3.26. The van der Waals surface area contributed by atoms with Crippen molar-refractivity contribution in [3.05, 3.63) is 72.1 Å². The number of hydrogen-bond acceptors (Lipinski definition) is 5. The minimum atomic E-state index is -4.15. The Morgan fingerprint density at radius 3 is 2.48 bits per heavy atom. The molecule has 0 aliphatic heterocycles. The number of carboxylic acid groups (broad SMARTS) is 1. The van der Waals surface area contributed by atoms with Gasteiger partial charge in [0.25, 0.3) is 15.9 Å². The van der Waals surface area contributed by atoms with E-state index in [2.05, 4.69) is 4.98 Å². The number of pyridine rings is 1. The Morgan fingerprint density at radius 2 is 1.72 bits per heavy atom. The van der Waals surface area contributed by atoms with Crippen molar-refractivity contribution < 1.29 is 23.1 Å². The summed E-state index contributed by atoms with van der Waals surface area (Å²) in [6.07, 6.45) is 1.13. The van der Waals surface area contributed by atoms with Crippen LogP contribution < -0.4 is 4.72 Å². The zero-order valence-electron chi connectivity index (χ0n) is 12.7. The topological polar surface area (TPSA) is 113 Å². The van der Waals surface area contributed by atoms with E-state index in [1.165, 1.54) is 12.1 Å². The lowest BCUT2D eigenvalue weighted by atomic mass is 10.1. The number of benzene rings is 2. The highest BCUT2D eigenvalue weighted by molar-refractivity contribution is 7.90. The zero-order valence-corrected chi connectivity index (χ0v) is 13.5. The summed E-state index contributed by atoms with van der Waals surface area (Å²) in [6, 6.07) is 13.8. The molecule has 0 aliphatic carbocycles. The molecule has 126 valence electrons. The lowest BCUT2D eigenvalue weighted by molar-refractivity contribution is 0.0696. The molecule has 0 saturated heterocycles. The fourth-order valence-corrected chi connectivity index (χ4v) is 3.54. The lowest BCUT2D eigenvalue weighted by Crippen LogP contribution is -2.31. The predicted octanol–water partition coefficient (Wildman–Crippen LogP) is 2.05. The molecular weight excluding hydrogens is 344 g/mol. The SMILES string of the molecule is O=C(O)c1ccnc(C(=O)NS(=O)(=O)c2cccc3ccccc23)c1. The van der Waals surface area contributed by atoms with Gasteiger partial charge in [0.2, 0.25) is 0 Å². The van der Waals surface area contributed by atoms with Gasteiger partial charge in [-0.15, -0.1) is 0 Å². The smallest absolute Gasteiger partial charge is 0.335 e. The maximum absolute atomic E-state index is 12.6. The van der Waals surface area contributed by atoms with Crippen molar-refractivity contribution in [1.82, 2.24) is 9.71 Å². The third-order valence-electron chi connectivity index (χ3n) is 3.51. The summed E-state index contributed by atoms with van der Waals surface area (Å²) >= 11 is 0. The van der Waals surface area contributed by atoms with Gasteiger partial charge in [-0.3, -0.25) is 9.78 Å². The fourth-order valence-electron chi connectivity index (χ4n) is 2.35. The molecule has 8 heteroatoms. The normalized spacial score (nSPS) is 11.2. The number of fused-ring (bicyclic) bond motifs is 1. The number of carbonyl (C=O) groups is 2. The summed E-state index contributed by atoms with van der Waals surface area (Å²) in [6.45, 7) is 0. The first kappa shape index (κ1) is 16.6. The quantitative estimate of drug-likeness (QED) is 0.740. The Balaban J connectivity index is 1.97. The van der Waals surface area contributed by atoms with Gasteiger partial charge in [-0.2, -0.15) is 0 Å². The molecule has 7 nitrogen and oxygen atoms in total. The van der Waals surface area contributed by atoms with Crippen LogP contribution in [-0.4, -0.2) is 30.4 Å². The second kappa shape index (κ2) is 6.33. The molecule has 1 amide bonds. The van der Waals surface area contributed by atoms with Crippen LogP contribution in [0.5, 0.6) is 0 Å². The average molecular weight is 356 g/mol. The van der Waals surface area contributed by atoms with Crippen LogP contribution in [-0.2, 0) is 10.0 Å². The van der Waals surface area contributed by atoms with Gasteiger partial charge < -0.3 is 5.11 Å². The zero-order chi connectivity index (χ0) is 18.0. The molecule has 0 fully saturated rings. The van der Waals surface area contributed by atoms with E-state index in [0.717, 1.165) is 12.3 Å². The van der Waals surface area contributed by atoms with E-state index in [1.807, 2.05) is 4.72 Å². The molecule has 0 spiro atoms. The van der Waals surface area contributed by atoms with Crippen LogP contribution in [0, 0.1) is 0 Å². The summed E-state index contributed by atoms with van der Waals surface area (Å²) in [4.78, 5) is 26.8. The molecule has 0 unspecified atom stereocenters. The maximum atomic E-state index is 12.6. The number of carboxylic acids is 1. The first-order chi connectivity index (χ1) is 11.9. The van der Waals surface area contributed by atoms with E-state index in [-0.39, 0.29) is 16.2 Å². The average Bonchev–Trinajstić information content (AvgIpc) is 2.61. The summed E-state index contributed by atoms with van der Waals surface area (Å²) in [5.74, 6) is -2.25. The Kier molecular flexibility index (Phi) is 4.20. The number of nitrogens with one attached hydrogen (secondary N) is 1. The van der Waals surface area contributed by atoms with Gasteiger partial charge in [0.1, 0.15) is 5.69 Å². The standard InChI is InChI=1S/C17H12N2O5S/c20-16(14-10-12(17(21)22)8-9-18-14)19-25(23,24)15-7-3-5-11-4-1-2-6-13(11)15/h1-10H,(H,19,20)(H,21,22). The molecule has 2 aromatic carbocycles. The number of amides is 1. The summed E-state index contributed by atoms with van der Waals surface area (Å²) < 4.78 is 27.1. The van der Waals surface area contributed by atoms with Crippen LogP contribution in [0.4, 0.5) is 0 Å². The largest absolute Gasteiger partial charge is 0.478 e. The second-order valence-electron chi connectivity index (χ2n) is 5.15. The third-order valence-corrected chi connectivity index (χ3v) is 4.89. The summed E-state index contributed by atoms with van der Waals surface area (Å²) in [5, 5.41) is 10.1. The van der Waals surface area contributed by atoms with Crippen molar-refractivity contribution in [2.75, 3.05) is 0 Å². The first-order valence-corrected chi connectivity index (χ1v) is 8.61. The second-order valence-corrected chi connectivity index (χ2v) is 6.80. The van der Waals surface area contributed by atoms with E-state index >= 15 is 0 Å². The minimum Gasteiger partial charge on any atom is -0.478 e. The first-order valence-electron chi connectivity index (χ1n) is 7.13. The molecule has 3 aromatic rings. The molecule has 1 aromatic heterocycles. The number of aromatic carboxylic acids is 1. The Bertz CT molecular complexity index is 1090. The highest BCUT2D eigenvalue weighted by Crippen LogP contribution is 2.22. The lowest BCUT2D eigenvalue weighted by Gasteiger charge is -2.09. The summed E-state index contributed by atoms with van der Waals surface area (Å²) in [5.41, 5.74) is -0.466. The van der Waals surface area contributed by atoms with Gasteiger partial charge in [-0.05, 0) is 23.6 Å². The maximum Gasteiger partial charge on any atom is 0.335 e. The van der Waals surface area contributed by atoms with Crippen molar-refractivity contribution in [3.63, 3.8) is 0 Å². The molecular formula is C17H12N2O5S. The van der Waals surface area contributed by atoms with Crippen LogP contribution in [0.1, 0.15) is 20.8 Å².